The van der Waals surface area contributed by atoms with Gasteiger partial charge < -0.3 is 19.8 Å². The Bertz CT molecular complexity index is 507. The second-order valence-corrected chi connectivity index (χ2v) is 5.87. The Labute approximate surface area is 129 Å². The first-order valence-corrected chi connectivity index (χ1v) is 7.14. The van der Waals surface area contributed by atoms with E-state index < -0.39 is 16.6 Å². The molecular weight excluding hydrogens is 290 g/mol. The summed E-state index contributed by atoms with van der Waals surface area (Å²) in [5.74, 6) is 0.194. The summed E-state index contributed by atoms with van der Waals surface area (Å²) in [5.41, 5.74) is -0.535. The van der Waals surface area contributed by atoms with Crippen molar-refractivity contribution in [2.24, 2.45) is 0 Å². The van der Waals surface area contributed by atoms with Gasteiger partial charge in [-0.25, -0.2) is 4.79 Å². The fourth-order valence-corrected chi connectivity index (χ4v) is 1.69. The molecule has 124 valence electrons. The molecular formula is C14H23N3O5. The zero-order valence-electron chi connectivity index (χ0n) is 13.3. The van der Waals surface area contributed by atoms with Crippen LogP contribution in [0.25, 0.3) is 0 Å². The van der Waals surface area contributed by atoms with Crippen molar-refractivity contribution < 1.29 is 18.9 Å². The molecule has 1 rings (SSSR count). The van der Waals surface area contributed by atoms with Gasteiger partial charge in [0.2, 0.25) is 0 Å². The molecule has 1 aromatic rings. The number of hydrogen-bond acceptors (Lipinski definition) is 6. The van der Waals surface area contributed by atoms with Crippen LogP contribution in [-0.4, -0.2) is 29.2 Å². The SMILES string of the molecule is CCC(CNC(=O)OC(C)(C)C)NCc1ccc([N+](=O)[O-])o1. The summed E-state index contributed by atoms with van der Waals surface area (Å²) in [6.45, 7) is 8.11. The first kappa shape index (κ1) is 18.0. The van der Waals surface area contributed by atoms with Crippen LogP contribution in [0.2, 0.25) is 0 Å². The zero-order valence-corrected chi connectivity index (χ0v) is 13.3. The highest BCUT2D eigenvalue weighted by atomic mass is 16.6. The number of rotatable bonds is 7. The van der Waals surface area contributed by atoms with Crippen LogP contribution in [0, 0.1) is 10.1 Å². The maximum Gasteiger partial charge on any atom is 0.433 e. The Balaban J connectivity index is 2.38. The van der Waals surface area contributed by atoms with Crippen LogP contribution in [0.4, 0.5) is 10.7 Å². The molecule has 0 bridgehead atoms. The molecule has 1 amide bonds. The lowest BCUT2D eigenvalue weighted by Gasteiger charge is -2.22. The summed E-state index contributed by atoms with van der Waals surface area (Å²) in [4.78, 5) is 21.5. The van der Waals surface area contributed by atoms with E-state index in [9.17, 15) is 14.9 Å². The molecule has 0 radical (unpaired) electrons. The van der Waals surface area contributed by atoms with Gasteiger partial charge in [-0.3, -0.25) is 10.1 Å². The van der Waals surface area contributed by atoms with Crippen LogP contribution in [-0.2, 0) is 11.3 Å². The average Bonchev–Trinajstić information content (AvgIpc) is 2.86. The molecule has 1 atom stereocenters. The van der Waals surface area contributed by atoms with E-state index in [1.807, 2.05) is 6.92 Å². The largest absolute Gasteiger partial charge is 0.444 e. The lowest BCUT2D eigenvalue weighted by atomic mass is 10.2. The van der Waals surface area contributed by atoms with E-state index in [4.69, 9.17) is 9.15 Å². The molecule has 2 N–H and O–H groups in total. The number of amides is 1. The molecule has 0 aromatic carbocycles. The third-order valence-electron chi connectivity index (χ3n) is 2.78. The molecule has 8 heteroatoms. The minimum absolute atomic E-state index is 0.0108. The topological polar surface area (TPSA) is 107 Å². The van der Waals surface area contributed by atoms with Gasteiger partial charge in [-0.15, -0.1) is 0 Å². The molecule has 0 saturated carbocycles. The Hall–Kier alpha value is -2.09. The van der Waals surface area contributed by atoms with Crippen molar-refractivity contribution in [2.45, 2.75) is 52.3 Å². The summed E-state index contributed by atoms with van der Waals surface area (Å²) in [7, 11) is 0. The normalized spacial score (nSPS) is 12.7. The maximum absolute atomic E-state index is 11.6. The number of nitrogens with zero attached hydrogens (tertiary/aromatic N) is 1. The molecule has 8 nitrogen and oxygen atoms in total. The van der Waals surface area contributed by atoms with Gasteiger partial charge in [0, 0.05) is 12.6 Å². The van der Waals surface area contributed by atoms with E-state index in [1.165, 1.54) is 6.07 Å². The first-order valence-electron chi connectivity index (χ1n) is 7.14. The van der Waals surface area contributed by atoms with Gasteiger partial charge in [0.15, 0.2) is 0 Å². The van der Waals surface area contributed by atoms with Crippen LogP contribution in [0.5, 0.6) is 0 Å². The number of ether oxygens (including phenoxy) is 1. The molecule has 22 heavy (non-hydrogen) atoms. The van der Waals surface area contributed by atoms with Crippen molar-refractivity contribution in [1.29, 1.82) is 0 Å². The molecule has 1 aromatic heterocycles. The lowest BCUT2D eigenvalue weighted by molar-refractivity contribution is -0.402. The van der Waals surface area contributed by atoms with Crippen LogP contribution < -0.4 is 10.6 Å². The zero-order chi connectivity index (χ0) is 16.8. The Morgan fingerprint density at radius 3 is 2.64 bits per heavy atom. The second-order valence-electron chi connectivity index (χ2n) is 5.87. The van der Waals surface area contributed by atoms with Gasteiger partial charge in [-0.2, -0.15) is 0 Å². The third kappa shape index (κ3) is 6.57. The first-order chi connectivity index (χ1) is 10.2. The van der Waals surface area contributed by atoms with E-state index >= 15 is 0 Å². The Morgan fingerprint density at radius 2 is 2.14 bits per heavy atom. The average molecular weight is 313 g/mol. The van der Waals surface area contributed by atoms with Crippen LogP contribution in [0.15, 0.2) is 16.5 Å². The standard InChI is InChI=1S/C14H23N3O5/c1-5-10(8-16-13(18)22-14(2,3)4)15-9-11-6-7-12(21-11)17(19)20/h6-7,10,15H,5,8-9H2,1-4H3,(H,16,18). The number of carbonyl (C=O) groups is 1. The van der Waals surface area contributed by atoms with E-state index in [0.29, 0.717) is 18.8 Å². The van der Waals surface area contributed by atoms with Gasteiger partial charge in [-0.05, 0) is 33.3 Å². The number of hydrogen-bond donors (Lipinski definition) is 2. The van der Waals surface area contributed by atoms with Crippen LogP contribution in [0.3, 0.4) is 0 Å². The molecule has 0 aliphatic heterocycles. The van der Waals surface area contributed by atoms with Gasteiger partial charge in [0.05, 0.1) is 12.6 Å². The summed E-state index contributed by atoms with van der Waals surface area (Å²) < 4.78 is 10.2. The van der Waals surface area contributed by atoms with Crippen molar-refractivity contribution in [3.05, 3.63) is 28.0 Å². The van der Waals surface area contributed by atoms with Gasteiger partial charge in [-0.1, -0.05) is 6.92 Å². The monoisotopic (exact) mass is 313 g/mol. The number of furan rings is 1. The van der Waals surface area contributed by atoms with Crippen molar-refractivity contribution in [3.8, 4) is 0 Å². The third-order valence-corrected chi connectivity index (χ3v) is 2.78. The fraction of sp³-hybridized carbons (Fsp3) is 0.643. The number of carbonyl (C=O) groups excluding carboxylic acids is 1. The minimum Gasteiger partial charge on any atom is -0.444 e. The summed E-state index contributed by atoms with van der Waals surface area (Å²) in [6, 6.07) is 2.88. The Kier molecular flexibility index (Phi) is 6.36. The lowest BCUT2D eigenvalue weighted by Crippen LogP contribution is -2.42. The summed E-state index contributed by atoms with van der Waals surface area (Å²) in [5, 5.41) is 16.4. The van der Waals surface area contributed by atoms with E-state index in [1.54, 1.807) is 26.8 Å². The number of nitrogens with one attached hydrogen (secondary N) is 2. The van der Waals surface area contributed by atoms with E-state index in [-0.39, 0.29) is 11.9 Å². The van der Waals surface area contributed by atoms with E-state index in [2.05, 4.69) is 10.6 Å². The highest BCUT2D eigenvalue weighted by Crippen LogP contribution is 2.15. The molecule has 1 heterocycles. The molecule has 0 saturated heterocycles. The number of alkyl carbamates (subject to hydrolysis) is 1. The highest BCUT2D eigenvalue weighted by molar-refractivity contribution is 5.67. The highest BCUT2D eigenvalue weighted by Gasteiger charge is 2.17. The molecule has 0 spiro atoms. The fourth-order valence-electron chi connectivity index (χ4n) is 1.69. The molecule has 0 fully saturated rings. The van der Waals surface area contributed by atoms with Crippen molar-refractivity contribution in [1.82, 2.24) is 10.6 Å². The predicted molar refractivity (Wildman–Crippen MR) is 80.5 cm³/mol. The molecule has 0 aliphatic carbocycles. The molecule has 1 unspecified atom stereocenters. The van der Waals surface area contributed by atoms with Gasteiger partial charge in [0.25, 0.3) is 0 Å². The maximum atomic E-state index is 11.6. The summed E-state index contributed by atoms with van der Waals surface area (Å²) >= 11 is 0. The van der Waals surface area contributed by atoms with Gasteiger partial charge in [0.1, 0.15) is 16.3 Å². The van der Waals surface area contributed by atoms with Crippen molar-refractivity contribution in [2.75, 3.05) is 6.54 Å². The number of nitro groups is 1. The molecule has 0 aliphatic rings. The minimum atomic E-state index is -0.579. The van der Waals surface area contributed by atoms with Crippen LogP contribution >= 0.6 is 0 Å². The smallest absolute Gasteiger partial charge is 0.433 e. The van der Waals surface area contributed by atoms with Crippen molar-refractivity contribution >= 4 is 12.0 Å². The predicted octanol–water partition coefficient (Wildman–Crippen LogP) is 2.58. The van der Waals surface area contributed by atoms with Crippen LogP contribution in [0.1, 0.15) is 39.9 Å². The second kappa shape index (κ2) is 7.79. The summed E-state index contributed by atoms with van der Waals surface area (Å²) in [6.07, 6.45) is 0.305. The van der Waals surface area contributed by atoms with E-state index in [0.717, 1.165) is 6.42 Å². The Morgan fingerprint density at radius 1 is 1.45 bits per heavy atom. The van der Waals surface area contributed by atoms with Crippen molar-refractivity contribution in [3.63, 3.8) is 0 Å². The quantitative estimate of drug-likeness (QED) is 0.592. The van der Waals surface area contributed by atoms with Gasteiger partial charge >= 0.3 is 12.0 Å².